The number of benzene rings is 2. The lowest BCUT2D eigenvalue weighted by Gasteiger charge is -2.12. The first-order valence-corrected chi connectivity index (χ1v) is 7.10. The van der Waals surface area contributed by atoms with Gasteiger partial charge in [0.15, 0.2) is 0 Å². The van der Waals surface area contributed by atoms with Crippen molar-refractivity contribution in [3.05, 3.63) is 70.2 Å². The zero-order chi connectivity index (χ0) is 12.8. The van der Waals surface area contributed by atoms with Gasteiger partial charge in [-0.15, -0.1) is 0 Å². The van der Waals surface area contributed by atoms with Crippen LogP contribution in [0.2, 0.25) is 0 Å². The molecule has 2 aromatic rings. The summed E-state index contributed by atoms with van der Waals surface area (Å²) in [6, 6.07) is 19.0. The Morgan fingerprint density at radius 3 is 2.50 bits per heavy atom. The minimum atomic E-state index is 0.131. The van der Waals surface area contributed by atoms with E-state index in [0.29, 0.717) is 0 Å². The molecule has 0 aromatic heterocycles. The molecule has 0 saturated heterocycles. The van der Waals surface area contributed by atoms with Crippen LogP contribution in [0.25, 0.3) is 0 Å². The summed E-state index contributed by atoms with van der Waals surface area (Å²) < 4.78 is 1.10. The Morgan fingerprint density at radius 2 is 1.78 bits per heavy atom. The second-order valence-electron chi connectivity index (χ2n) is 4.54. The van der Waals surface area contributed by atoms with Crippen molar-refractivity contribution < 1.29 is 0 Å². The van der Waals surface area contributed by atoms with Crippen LogP contribution in [0, 0.1) is 0 Å². The largest absolute Gasteiger partial charge is 0.324 e. The molecule has 2 heteroatoms. The molecule has 1 atom stereocenters. The van der Waals surface area contributed by atoms with Gasteiger partial charge in [-0.3, -0.25) is 0 Å². The number of nitrogens with two attached hydrogens (primary N) is 1. The van der Waals surface area contributed by atoms with Gasteiger partial charge in [-0.25, -0.2) is 0 Å². The van der Waals surface area contributed by atoms with Gasteiger partial charge < -0.3 is 5.73 Å². The van der Waals surface area contributed by atoms with Gasteiger partial charge in [0.05, 0.1) is 0 Å². The van der Waals surface area contributed by atoms with Crippen LogP contribution in [0.3, 0.4) is 0 Å². The first-order valence-electron chi connectivity index (χ1n) is 6.30. The van der Waals surface area contributed by atoms with Gasteiger partial charge >= 0.3 is 0 Å². The van der Waals surface area contributed by atoms with Crippen molar-refractivity contribution in [3.8, 4) is 0 Å². The van der Waals surface area contributed by atoms with E-state index in [1.54, 1.807) is 0 Å². The fraction of sp³-hybridized carbons (Fsp3) is 0.250. The highest BCUT2D eigenvalue weighted by Crippen LogP contribution is 2.20. The Bertz CT molecular complexity index is 481. The van der Waals surface area contributed by atoms with E-state index in [2.05, 4.69) is 58.4 Å². The third-order valence-corrected chi connectivity index (χ3v) is 3.59. The average Bonchev–Trinajstić information content (AvgIpc) is 2.40. The van der Waals surface area contributed by atoms with Crippen molar-refractivity contribution >= 4 is 15.9 Å². The molecule has 2 rings (SSSR count). The quantitative estimate of drug-likeness (QED) is 0.866. The predicted molar refractivity (Wildman–Crippen MR) is 80.5 cm³/mol. The van der Waals surface area contributed by atoms with Gasteiger partial charge in [-0.2, -0.15) is 0 Å². The zero-order valence-electron chi connectivity index (χ0n) is 10.4. The molecular formula is C16H18BrN. The fourth-order valence-corrected chi connectivity index (χ4v) is 2.49. The SMILES string of the molecule is NC(CCCc1ccccc1)c1cccc(Br)c1. The van der Waals surface area contributed by atoms with Crippen LogP contribution in [0.5, 0.6) is 0 Å². The summed E-state index contributed by atoms with van der Waals surface area (Å²) in [5, 5.41) is 0. The highest BCUT2D eigenvalue weighted by atomic mass is 79.9. The van der Waals surface area contributed by atoms with Crippen LogP contribution in [0.15, 0.2) is 59.1 Å². The van der Waals surface area contributed by atoms with E-state index in [4.69, 9.17) is 5.73 Å². The molecule has 0 aliphatic heterocycles. The molecule has 0 fully saturated rings. The lowest BCUT2D eigenvalue weighted by Crippen LogP contribution is -2.10. The van der Waals surface area contributed by atoms with E-state index >= 15 is 0 Å². The molecule has 0 amide bonds. The highest BCUT2D eigenvalue weighted by molar-refractivity contribution is 9.10. The third-order valence-electron chi connectivity index (χ3n) is 3.10. The van der Waals surface area contributed by atoms with Crippen molar-refractivity contribution in [1.29, 1.82) is 0 Å². The summed E-state index contributed by atoms with van der Waals surface area (Å²) in [6.45, 7) is 0. The highest BCUT2D eigenvalue weighted by Gasteiger charge is 2.06. The minimum Gasteiger partial charge on any atom is -0.324 e. The first-order chi connectivity index (χ1) is 8.75. The fourth-order valence-electron chi connectivity index (χ4n) is 2.07. The molecule has 2 aromatic carbocycles. The zero-order valence-corrected chi connectivity index (χ0v) is 11.9. The maximum Gasteiger partial charge on any atom is 0.0295 e. The summed E-state index contributed by atoms with van der Waals surface area (Å²) >= 11 is 3.48. The van der Waals surface area contributed by atoms with Gasteiger partial charge in [-0.1, -0.05) is 58.4 Å². The molecule has 0 spiro atoms. The summed E-state index contributed by atoms with van der Waals surface area (Å²) in [7, 11) is 0. The standard InChI is InChI=1S/C16H18BrN/c17-15-10-5-9-14(12-15)16(18)11-4-8-13-6-2-1-3-7-13/h1-3,5-7,9-10,12,16H,4,8,11,18H2. The Labute approximate surface area is 117 Å². The minimum absolute atomic E-state index is 0.131. The molecule has 0 saturated carbocycles. The van der Waals surface area contributed by atoms with Crippen LogP contribution in [-0.4, -0.2) is 0 Å². The molecule has 18 heavy (non-hydrogen) atoms. The van der Waals surface area contributed by atoms with Crippen LogP contribution in [0.1, 0.15) is 30.0 Å². The first kappa shape index (κ1) is 13.3. The molecule has 0 bridgehead atoms. The normalized spacial score (nSPS) is 12.3. The molecule has 0 aliphatic rings. The summed E-state index contributed by atoms with van der Waals surface area (Å²) in [5.74, 6) is 0. The van der Waals surface area contributed by atoms with Crippen molar-refractivity contribution in [3.63, 3.8) is 0 Å². The number of hydrogen-bond acceptors (Lipinski definition) is 1. The molecule has 94 valence electrons. The lowest BCUT2D eigenvalue weighted by atomic mass is 10.00. The van der Waals surface area contributed by atoms with Gasteiger partial charge in [-0.05, 0) is 42.5 Å². The topological polar surface area (TPSA) is 26.0 Å². The van der Waals surface area contributed by atoms with Crippen molar-refractivity contribution in [1.82, 2.24) is 0 Å². The maximum absolute atomic E-state index is 6.21. The van der Waals surface area contributed by atoms with E-state index in [1.165, 1.54) is 11.1 Å². The second kappa shape index (κ2) is 6.72. The van der Waals surface area contributed by atoms with Gasteiger partial charge in [0.2, 0.25) is 0 Å². The van der Waals surface area contributed by atoms with Gasteiger partial charge in [0.1, 0.15) is 0 Å². The van der Waals surface area contributed by atoms with E-state index in [-0.39, 0.29) is 6.04 Å². The maximum atomic E-state index is 6.21. The lowest BCUT2D eigenvalue weighted by molar-refractivity contribution is 0.611. The van der Waals surface area contributed by atoms with E-state index in [0.717, 1.165) is 23.7 Å². The number of aryl methyl sites for hydroxylation is 1. The Morgan fingerprint density at radius 1 is 1.00 bits per heavy atom. The molecule has 1 nitrogen and oxygen atoms in total. The van der Waals surface area contributed by atoms with E-state index in [1.807, 2.05) is 12.1 Å². The monoisotopic (exact) mass is 303 g/mol. The van der Waals surface area contributed by atoms with E-state index < -0.39 is 0 Å². The van der Waals surface area contributed by atoms with Crippen molar-refractivity contribution in [2.75, 3.05) is 0 Å². The van der Waals surface area contributed by atoms with Crippen LogP contribution < -0.4 is 5.73 Å². The van der Waals surface area contributed by atoms with Crippen LogP contribution in [-0.2, 0) is 6.42 Å². The summed E-state index contributed by atoms with van der Waals surface area (Å²) in [6.07, 6.45) is 3.24. The molecule has 0 aliphatic carbocycles. The predicted octanol–water partition coefficient (Wildman–Crippen LogP) is 4.47. The summed E-state index contributed by atoms with van der Waals surface area (Å²) in [5.41, 5.74) is 8.80. The second-order valence-corrected chi connectivity index (χ2v) is 5.46. The molecule has 1 unspecified atom stereocenters. The van der Waals surface area contributed by atoms with Crippen molar-refractivity contribution in [2.45, 2.75) is 25.3 Å². The number of halogens is 1. The van der Waals surface area contributed by atoms with Gasteiger partial charge in [0.25, 0.3) is 0 Å². The van der Waals surface area contributed by atoms with E-state index in [9.17, 15) is 0 Å². The molecule has 0 heterocycles. The molecular weight excluding hydrogens is 286 g/mol. The third kappa shape index (κ3) is 3.97. The average molecular weight is 304 g/mol. The Balaban J connectivity index is 1.83. The number of hydrogen-bond donors (Lipinski definition) is 1. The molecule has 0 radical (unpaired) electrons. The Kier molecular flexibility index (Phi) is 4.97. The van der Waals surface area contributed by atoms with Gasteiger partial charge in [0, 0.05) is 10.5 Å². The van der Waals surface area contributed by atoms with Crippen LogP contribution >= 0.6 is 15.9 Å². The van der Waals surface area contributed by atoms with Crippen LogP contribution in [0.4, 0.5) is 0 Å². The smallest absolute Gasteiger partial charge is 0.0295 e. The Hall–Kier alpha value is -1.12. The molecule has 2 N–H and O–H groups in total. The van der Waals surface area contributed by atoms with Crippen molar-refractivity contribution in [2.24, 2.45) is 5.73 Å². The number of rotatable bonds is 5. The summed E-state index contributed by atoms with van der Waals surface area (Å²) in [4.78, 5) is 0.